The first-order valence-corrected chi connectivity index (χ1v) is 5.01. The maximum atomic E-state index is 11.4. The number of hydrogen-bond acceptors (Lipinski definition) is 3. The van der Waals surface area contributed by atoms with Crippen LogP contribution in [0.15, 0.2) is 24.3 Å². The molecule has 1 aliphatic rings. The highest BCUT2D eigenvalue weighted by Gasteiger charge is 2.20. The molecular formula is C11H14N2O2. The molecule has 0 saturated carbocycles. The summed E-state index contributed by atoms with van der Waals surface area (Å²) in [5.74, 6) is 0.887. The molecule has 1 fully saturated rings. The van der Waals surface area contributed by atoms with Gasteiger partial charge in [-0.05, 0) is 18.6 Å². The van der Waals surface area contributed by atoms with Gasteiger partial charge in [0, 0.05) is 13.0 Å². The Labute approximate surface area is 88.8 Å². The lowest BCUT2D eigenvalue weighted by molar-refractivity contribution is -0.126. The fourth-order valence-electron chi connectivity index (χ4n) is 1.65. The third-order valence-electron chi connectivity index (χ3n) is 2.44. The molecule has 1 aliphatic heterocycles. The van der Waals surface area contributed by atoms with Crippen molar-refractivity contribution in [3.63, 3.8) is 0 Å². The molecule has 1 N–H and O–H groups in total. The number of rotatable bonds is 3. The molecule has 0 spiro atoms. The summed E-state index contributed by atoms with van der Waals surface area (Å²) in [5, 5.41) is 1.64. The molecule has 0 radical (unpaired) electrons. The number of amides is 1. The zero-order chi connectivity index (χ0) is 10.7. The Kier molecular flexibility index (Phi) is 2.76. The van der Waals surface area contributed by atoms with Gasteiger partial charge < -0.3 is 4.74 Å². The van der Waals surface area contributed by atoms with E-state index in [0.29, 0.717) is 6.42 Å². The first kappa shape index (κ1) is 9.83. The number of benzene rings is 1. The van der Waals surface area contributed by atoms with E-state index in [4.69, 9.17) is 4.74 Å². The predicted octanol–water partition coefficient (Wildman–Crippen LogP) is 1.64. The Hall–Kier alpha value is -1.71. The standard InChI is InChI=1S/C11H14N2O2/c1-15-10-6-3-2-5-9(10)12-13-8-4-7-11(13)14/h2-3,5-6,12H,4,7-8H2,1H3. The summed E-state index contributed by atoms with van der Waals surface area (Å²) in [6.07, 6.45) is 1.54. The first-order valence-electron chi connectivity index (χ1n) is 5.01. The molecule has 15 heavy (non-hydrogen) atoms. The molecule has 0 unspecified atom stereocenters. The number of methoxy groups -OCH3 is 1. The Balaban J connectivity index is 2.12. The third kappa shape index (κ3) is 2.03. The lowest BCUT2D eigenvalue weighted by Crippen LogP contribution is -2.30. The summed E-state index contributed by atoms with van der Waals surface area (Å²) in [4.78, 5) is 11.4. The molecule has 2 rings (SSSR count). The molecule has 0 atom stereocenters. The van der Waals surface area contributed by atoms with Crippen molar-refractivity contribution < 1.29 is 9.53 Å². The molecule has 1 saturated heterocycles. The van der Waals surface area contributed by atoms with Gasteiger partial charge in [0.15, 0.2) is 0 Å². The van der Waals surface area contributed by atoms with Crippen LogP contribution in [-0.2, 0) is 4.79 Å². The van der Waals surface area contributed by atoms with Crippen LogP contribution in [0.2, 0.25) is 0 Å². The number of anilines is 1. The molecule has 4 nitrogen and oxygen atoms in total. The lowest BCUT2D eigenvalue weighted by Gasteiger charge is -2.19. The van der Waals surface area contributed by atoms with Gasteiger partial charge in [0.25, 0.3) is 0 Å². The normalized spacial score (nSPS) is 15.5. The zero-order valence-corrected chi connectivity index (χ0v) is 8.69. The van der Waals surface area contributed by atoms with Crippen LogP contribution in [0.1, 0.15) is 12.8 Å². The van der Waals surface area contributed by atoms with Crippen molar-refractivity contribution in [3.05, 3.63) is 24.3 Å². The van der Waals surface area contributed by atoms with Gasteiger partial charge in [-0.15, -0.1) is 0 Å². The largest absolute Gasteiger partial charge is 0.495 e. The van der Waals surface area contributed by atoms with Crippen molar-refractivity contribution in [1.82, 2.24) is 5.01 Å². The zero-order valence-electron chi connectivity index (χ0n) is 8.69. The van der Waals surface area contributed by atoms with Gasteiger partial charge in [0.2, 0.25) is 5.91 Å². The first-order chi connectivity index (χ1) is 7.31. The van der Waals surface area contributed by atoms with Crippen LogP contribution in [0.4, 0.5) is 5.69 Å². The van der Waals surface area contributed by atoms with Gasteiger partial charge in [0.05, 0.1) is 12.8 Å². The highest BCUT2D eigenvalue weighted by atomic mass is 16.5. The minimum atomic E-state index is 0.140. The summed E-state index contributed by atoms with van der Waals surface area (Å²) >= 11 is 0. The number of para-hydroxylation sites is 2. The lowest BCUT2D eigenvalue weighted by atomic mass is 10.3. The fraction of sp³-hybridized carbons (Fsp3) is 0.364. The average Bonchev–Trinajstić information content (AvgIpc) is 2.65. The minimum absolute atomic E-state index is 0.140. The SMILES string of the molecule is COc1ccccc1NN1CCCC1=O. The Morgan fingerprint density at radius 2 is 2.20 bits per heavy atom. The minimum Gasteiger partial charge on any atom is -0.495 e. The van der Waals surface area contributed by atoms with E-state index >= 15 is 0 Å². The van der Waals surface area contributed by atoms with E-state index in [1.807, 2.05) is 24.3 Å². The van der Waals surface area contributed by atoms with Crippen LogP contribution < -0.4 is 10.2 Å². The second-order valence-corrected chi connectivity index (χ2v) is 3.46. The number of nitrogens with one attached hydrogen (secondary N) is 1. The second kappa shape index (κ2) is 4.21. The van der Waals surface area contributed by atoms with Gasteiger partial charge in [-0.1, -0.05) is 12.1 Å². The van der Waals surface area contributed by atoms with Crippen LogP contribution in [-0.4, -0.2) is 24.6 Å². The van der Waals surface area contributed by atoms with Crippen molar-refractivity contribution in [1.29, 1.82) is 0 Å². The van der Waals surface area contributed by atoms with Crippen LogP contribution in [0.3, 0.4) is 0 Å². The topological polar surface area (TPSA) is 41.6 Å². The van der Waals surface area contributed by atoms with Crippen LogP contribution in [0.25, 0.3) is 0 Å². The molecule has 4 heteroatoms. The van der Waals surface area contributed by atoms with Crippen molar-refractivity contribution in [2.24, 2.45) is 0 Å². The predicted molar refractivity (Wildman–Crippen MR) is 57.6 cm³/mol. The summed E-state index contributed by atoms with van der Waals surface area (Å²) in [5.41, 5.74) is 3.90. The van der Waals surface area contributed by atoms with Crippen molar-refractivity contribution in [2.45, 2.75) is 12.8 Å². The number of carbonyl (C=O) groups is 1. The number of nitrogens with zero attached hydrogens (tertiary/aromatic N) is 1. The highest BCUT2D eigenvalue weighted by molar-refractivity contribution is 5.80. The highest BCUT2D eigenvalue weighted by Crippen LogP contribution is 2.24. The molecule has 0 bridgehead atoms. The molecule has 1 aromatic rings. The summed E-state index contributed by atoms with van der Waals surface area (Å²) in [7, 11) is 1.62. The Bertz CT molecular complexity index is 365. The van der Waals surface area contributed by atoms with Crippen molar-refractivity contribution >= 4 is 11.6 Å². The summed E-state index contributed by atoms with van der Waals surface area (Å²) in [6.45, 7) is 0.761. The van der Waals surface area contributed by atoms with E-state index in [0.717, 1.165) is 24.4 Å². The quantitative estimate of drug-likeness (QED) is 0.817. The van der Waals surface area contributed by atoms with Crippen LogP contribution in [0, 0.1) is 0 Å². The number of hydrazine groups is 1. The smallest absolute Gasteiger partial charge is 0.240 e. The summed E-state index contributed by atoms with van der Waals surface area (Å²) < 4.78 is 5.19. The molecule has 1 amide bonds. The monoisotopic (exact) mass is 206 g/mol. The van der Waals surface area contributed by atoms with Crippen LogP contribution >= 0.6 is 0 Å². The van der Waals surface area contributed by atoms with E-state index in [1.165, 1.54) is 0 Å². The number of ether oxygens (including phenoxy) is 1. The summed E-state index contributed by atoms with van der Waals surface area (Å²) in [6, 6.07) is 7.56. The van der Waals surface area contributed by atoms with Gasteiger partial charge in [-0.3, -0.25) is 15.2 Å². The number of hydrogen-bond donors (Lipinski definition) is 1. The van der Waals surface area contributed by atoms with E-state index in [-0.39, 0.29) is 5.91 Å². The van der Waals surface area contributed by atoms with Gasteiger partial charge in [0.1, 0.15) is 5.75 Å². The van der Waals surface area contributed by atoms with E-state index in [1.54, 1.807) is 12.1 Å². The van der Waals surface area contributed by atoms with Gasteiger partial charge in [-0.25, -0.2) is 0 Å². The Morgan fingerprint density at radius 3 is 2.87 bits per heavy atom. The molecule has 0 aromatic heterocycles. The van der Waals surface area contributed by atoms with Gasteiger partial charge >= 0.3 is 0 Å². The molecule has 1 aromatic carbocycles. The average molecular weight is 206 g/mol. The molecule has 0 aliphatic carbocycles. The molecular weight excluding hydrogens is 192 g/mol. The van der Waals surface area contributed by atoms with Crippen LogP contribution in [0.5, 0.6) is 5.75 Å². The maximum Gasteiger partial charge on any atom is 0.240 e. The number of carbonyl (C=O) groups excluding carboxylic acids is 1. The second-order valence-electron chi connectivity index (χ2n) is 3.46. The maximum absolute atomic E-state index is 11.4. The van der Waals surface area contributed by atoms with E-state index < -0.39 is 0 Å². The molecule has 80 valence electrons. The van der Waals surface area contributed by atoms with Crippen molar-refractivity contribution in [3.8, 4) is 5.75 Å². The third-order valence-corrected chi connectivity index (χ3v) is 2.44. The Morgan fingerprint density at radius 1 is 1.40 bits per heavy atom. The van der Waals surface area contributed by atoms with E-state index in [2.05, 4.69) is 5.43 Å². The van der Waals surface area contributed by atoms with Crippen molar-refractivity contribution in [2.75, 3.05) is 19.1 Å². The van der Waals surface area contributed by atoms with Gasteiger partial charge in [-0.2, -0.15) is 0 Å². The molecule has 1 heterocycles. The fourth-order valence-corrected chi connectivity index (χ4v) is 1.65. The van der Waals surface area contributed by atoms with E-state index in [9.17, 15) is 4.79 Å².